The summed E-state index contributed by atoms with van der Waals surface area (Å²) in [6.07, 6.45) is -0.494. The van der Waals surface area contributed by atoms with E-state index in [9.17, 15) is 14.7 Å². The van der Waals surface area contributed by atoms with Gasteiger partial charge in [-0.1, -0.05) is 30.3 Å². The fraction of sp³-hybridized carbons (Fsp3) is 0.385. The molecule has 0 amide bonds. The van der Waals surface area contributed by atoms with E-state index in [0.29, 0.717) is 5.56 Å². The Kier molecular flexibility index (Phi) is 3.74. The van der Waals surface area contributed by atoms with Crippen LogP contribution in [-0.4, -0.2) is 52.1 Å². The normalized spacial score (nSPS) is 24.1. The van der Waals surface area contributed by atoms with E-state index in [1.807, 2.05) is 6.07 Å². The van der Waals surface area contributed by atoms with Gasteiger partial charge in [0.05, 0.1) is 12.6 Å². The van der Waals surface area contributed by atoms with Crippen molar-refractivity contribution in [3.8, 4) is 0 Å². The fourth-order valence-electron chi connectivity index (χ4n) is 2.21. The molecule has 0 aliphatic carbocycles. The average Bonchev–Trinajstić information content (AvgIpc) is 2.71. The van der Waals surface area contributed by atoms with Crippen molar-refractivity contribution in [1.29, 1.82) is 0 Å². The number of likely N-dealkylation sites (tertiary alicyclic amines) is 1. The van der Waals surface area contributed by atoms with E-state index in [0.717, 1.165) is 0 Å². The first-order valence-electron chi connectivity index (χ1n) is 5.81. The molecule has 0 saturated carbocycles. The predicted octanol–water partition coefficient (Wildman–Crippen LogP) is 0.389. The van der Waals surface area contributed by atoms with Crippen LogP contribution in [0.25, 0.3) is 0 Å². The lowest BCUT2D eigenvalue weighted by Crippen LogP contribution is -2.39. The minimum atomic E-state index is -0.993. The summed E-state index contributed by atoms with van der Waals surface area (Å²) >= 11 is 0. The Bertz CT molecular complexity index is 446. The third-order valence-corrected chi connectivity index (χ3v) is 3.11. The Hall–Kier alpha value is -1.72. The van der Waals surface area contributed by atoms with E-state index < -0.39 is 18.1 Å². The third kappa shape index (κ3) is 2.75. The number of Topliss-reactive ketones (excluding diaryl/α,β-unsaturated/α-hetero) is 1. The van der Waals surface area contributed by atoms with Crippen molar-refractivity contribution in [2.24, 2.45) is 0 Å². The number of benzene rings is 1. The summed E-state index contributed by atoms with van der Waals surface area (Å²) < 4.78 is 0. The van der Waals surface area contributed by atoms with Gasteiger partial charge in [-0.05, 0) is 0 Å². The second-order valence-corrected chi connectivity index (χ2v) is 4.46. The summed E-state index contributed by atoms with van der Waals surface area (Å²) in [5, 5.41) is 18.5. The Morgan fingerprint density at radius 1 is 1.28 bits per heavy atom. The molecule has 0 aromatic heterocycles. The van der Waals surface area contributed by atoms with Crippen molar-refractivity contribution in [3.05, 3.63) is 35.9 Å². The van der Waals surface area contributed by atoms with Crippen LogP contribution in [0, 0.1) is 0 Å². The van der Waals surface area contributed by atoms with Crippen LogP contribution >= 0.6 is 0 Å². The fourth-order valence-corrected chi connectivity index (χ4v) is 2.21. The first-order chi connectivity index (χ1) is 8.58. The molecule has 1 fully saturated rings. The molecule has 0 unspecified atom stereocenters. The number of carboxylic acids is 1. The first kappa shape index (κ1) is 12.7. The smallest absolute Gasteiger partial charge is 0.321 e. The largest absolute Gasteiger partial charge is 0.480 e. The zero-order valence-corrected chi connectivity index (χ0v) is 9.82. The molecular weight excluding hydrogens is 234 g/mol. The quantitative estimate of drug-likeness (QED) is 0.755. The topological polar surface area (TPSA) is 77.8 Å². The van der Waals surface area contributed by atoms with Crippen molar-refractivity contribution in [2.75, 3.05) is 13.1 Å². The van der Waals surface area contributed by atoms with Gasteiger partial charge in [0.1, 0.15) is 6.04 Å². The van der Waals surface area contributed by atoms with Crippen molar-refractivity contribution < 1.29 is 19.8 Å². The van der Waals surface area contributed by atoms with Crippen LogP contribution in [0.2, 0.25) is 0 Å². The van der Waals surface area contributed by atoms with Gasteiger partial charge < -0.3 is 10.2 Å². The molecule has 1 aromatic rings. The van der Waals surface area contributed by atoms with Crippen molar-refractivity contribution >= 4 is 11.8 Å². The van der Waals surface area contributed by atoms with Gasteiger partial charge in [0.15, 0.2) is 5.78 Å². The molecular formula is C13H15NO4. The minimum absolute atomic E-state index is 0.0258. The summed E-state index contributed by atoms with van der Waals surface area (Å²) in [6.45, 7) is 0.258. The second-order valence-electron chi connectivity index (χ2n) is 4.46. The molecule has 1 aliphatic rings. The maximum atomic E-state index is 12.0. The highest BCUT2D eigenvalue weighted by molar-refractivity contribution is 5.97. The molecule has 0 radical (unpaired) electrons. The summed E-state index contributed by atoms with van der Waals surface area (Å²) in [6, 6.07) is 7.97. The number of carbonyl (C=O) groups is 2. The summed E-state index contributed by atoms with van der Waals surface area (Å²) in [5.41, 5.74) is 0.558. The number of hydrogen-bond donors (Lipinski definition) is 2. The highest BCUT2D eigenvalue weighted by Gasteiger charge is 2.36. The molecule has 2 atom stereocenters. The number of aliphatic hydroxyl groups excluding tert-OH is 1. The molecule has 1 aliphatic heterocycles. The van der Waals surface area contributed by atoms with Gasteiger partial charge >= 0.3 is 5.97 Å². The predicted molar refractivity (Wildman–Crippen MR) is 64.4 cm³/mol. The molecule has 1 saturated heterocycles. The summed E-state index contributed by atoms with van der Waals surface area (Å²) in [4.78, 5) is 24.5. The lowest BCUT2D eigenvalue weighted by atomic mass is 10.1. The van der Waals surface area contributed by atoms with Crippen LogP contribution in [-0.2, 0) is 4.79 Å². The molecule has 2 rings (SSSR count). The minimum Gasteiger partial charge on any atom is -0.480 e. The number of rotatable bonds is 4. The molecule has 96 valence electrons. The van der Waals surface area contributed by atoms with Crippen molar-refractivity contribution in [2.45, 2.75) is 18.6 Å². The number of carboxylic acid groups (broad SMARTS) is 1. The number of aliphatic carboxylic acids is 1. The molecule has 18 heavy (non-hydrogen) atoms. The molecule has 0 spiro atoms. The maximum absolute atomic E-state index is 12.0. The van der Waals surface area contributed by atoms with E-state index in [2.05, 4.69) is 0 Å². The van der Waals surface area contributed by atoms with E-state index >= 15 is 0 Å². The van der Waals surface area contributed by atoms with E-state index in [-0.39, 0.29) is 25.3 Å². The molecule has 1 heterocycles. The monoisotopic (exact) mass is 249 g/mol. The van der Waals surface area contributed by atoms with Gasteiger partial charge in [0.25, 0.3) is 0 Å². The third-order valence-electron chi connectivity index (χ3n) is 3.11. The van der Waals surface area contributed by atoms with Gasteiger partial charge in [-0.25, -0.2) is 0 Å². The lowest BCUT2D eigenvalue weighted by Gasteiger charge is -2.19. The van der Waals surface area contributed by atoms with Gasteiger partial charge in [0, 0.05) is 18.5 Å². The van der Waals surface area contributed by atoms with Crippen LogP contribution in [0.4, 0.5) is 0 Å². The van der Waals surface area contributed by atoms with E-state index in [1.165, 1.54) is 4.90 Å². The maximum Gasteiger partial charge on any atom is 0.321 e. The van der Waals surface area contributed by atoms with Crippen LogP contribution in [0.5, 0.6) is 0 Å². The molecule has 5 heteroatoms. The van der Waals surface area contributed by atoms with E-state index in [4.69, 9.17) is 5.11 Å². The SMILES string of the molecule is O=C(CN1C[C@@H](O)C[C@@H]1C(=O)O)c1ccccc1. The van der Waals surface area contributed by atoms with Crippen LogP contribution in [0.1, 0.15) is 16.8 Å². The van der Waals surface area contributed by atoms with E-state index in [1.54, 1.807) is 24.3 Å². The van der Waals surface area contributed by atoms with Crippen molar-refractivity contribution in [1.82, 2.24) is 4.90 Å². The summed E-state index contributed by atoms with van der Waals surface area (Å²) in [7, 11) is 0. The number of β-amino-alcohol motifs (C(OH)–C–C–N with tert-alkyl or cyclic N) is 1. The Morgan fingerprint density at radius 3 is 2.56 bits per heavy atom. The Balaban J connectivity index is 2.05. The molecule has 5 nitrogen and oxygen atoms in total. The average molecular weight is 249 g/mol. The zero-order valence-electron chi connectivity index (χ0n) is 9.82. The first-order valence-corrected chi connectivity index (χ1v) is 5.81. The van der Waals surface area contributed by atoms with Gasteiger partial charge in [0.2, 0.25) is 0 Å². The van der Waals surface area contributed by atoms with Crippen LogP contribution in [0.3, 0.4) is 0 Å². The van der Waals surface area contributed by atoms with Crippen LogP contribution < -0.4 is 0 Å². The van der Waals surface area contributed by atoms with Crippen molar-refractivity contribution in [3.63, 3.8) is 0 Å². The zero-order chi connectivity index (χ0) is 13.1. The number of hydrogen-bond acceptors (Lipinski definition) is 4. The standard InChI is InChI=1S/C13H15NO4/c15-10-6-11(13(17)18)14(7-10)8-12(16)9-4-2-1-3-5-9/h1-5,10-11,15H,6-8H2,(H,17,18)/t10-,11+/m0/s1. The van der Waals surface area contributed by atoms with Gasteiger partial charge in [-0.15, -0.1) is 0 Å². The van der Waals surface area contributed by atoms with Crippen LogP contribution in [0.15, 0.2) is 30.3 Å². The summed E-state index contributed by atoms with van der Waals surface area (Å²) in [5.74, 6) is -1.12. The van der Waals surface area contributed by atoms with Gasteiger partial charge in [-0.3, -0.25) is 14.5 Å². The molecule has 2 N–H and O–H groups in total. The molecule has 1 aromatic carbocycles. The highest BCUT2D eigenvalue weighted by atomic mass is 16.4. The second kappa shape index (κ2) is 5.29. The number of aliphatic hydroxyl groups is 1. The Morgan fingerprint density at radius 2 is 1.94 bits per heavy atom. The molecule has 0 bridgehead atoms. The highest BCUT2D eigenvalue weighted by Crippen LogP contribution is 2.18. The number of carbonyl (C=O) groups excluding carboxylic acids is 1. The van der Waals surface area contributed by atoms with Gasteiger partial charge in [-0.2, -0.15) is 0 Å². The lowest BCUT2D eigenvalue weighted by molar-refractivity contribution is -0.142. The number of nitrogens with zero attached hydrogens (tertiary/aromatic N) is 1. The number of ketones is 1. The Labute approximate surface area is 105 Å².